The van der Waals surface area contributed by atoms with Crippen molar-refractivity contribution in [2.75, 3.05) is 18.0 Å². The van der Waals surface area contributed by atoms with Crippen LogP contribution in [0.1, 0.15) is 42.8 Å². The zero-order valence-corrected chi connectivity index (χ0v) is 17.6. The Balaban J connectivity index is 1.53. The third-order valence-corrected chi connectivity index (χ3v) is 6.33. The molecule has 30 heavy (non-hydrogen) atoms. The first-order valence-electron chi connectivity index (χ1n) is 10.8. The first-order valence-corrected chi connectivity index (χ1v) is 10.8. The van der Waals surface area contributed by atoms with Gasteiger partial charge in [0.25, 0.3) is 5.56 Å². The highest BCUT2D eigenvalue weighted by Crippen LogP contribution is 2.38. The van der Waals surface area contributed by atoms with Gasteiger partial charge in [-0.15, -0.1) is 0 Å². The number of nitrogens with zero attached hydrogens (tertiary/aromatic N) is 5. The molecule has 0 radical (unpaired) electrons. The summed E-state index contributed by atoms with van der Waals surface area (Å²) in [5.41, 5.74) is 4.41. The summed E-state index contributed by atoms with van der Waals surface area (Å²) in [7, 11) is 0. The largest absolute Gasteiger partial charge is 0.355 e. The van der Waals surface area contributed by atoms with Crippen LogP contribution in [-0.2, 0) is 13.0 Å². The standard InChI is InChI=1S/C24H27N5O/c1-3-5-19-12-26-16(2)27-24(19)28-13-17-8-21(15-28)22-9-20(10-23(30)29(22)14-17)18-6-4-7-25-11-18/h4,6-7,9-12,17,21H,3,5,8,13-15H2,1-2H3/t17-,21+/m0/s1. The number of fused-ring (bicyclic) bond motifs is 4. The van der Waals surface area contributed by atoms with Crippen molar-refractivity contribution < 1.29 is 0 Å². The minimum Gasteiger partial charge on any atom is -0.355 e. The highest BCUT2D eigenvalue weighted by atomic mass is 16.1. The van der Waals surface area contributed by atoms with Gasteiger partial charge in [-0.3, -0.25) is 9.78 Å². The van der Waals surface area contributed by atoms with Crippen LogP contribution in [-0.4, -0.2) is 32.6 Å². The van der Waals surface area contributed by atoms with E-state index in [0.717, 1.165) is 67.4 Å². The number of hydrogen-bond donors (Lipinski definition) is 0. The Hall–Kier alpha value is -3.02. The molecule has 0 N–H and O–H groups in total. The van der Waals surface area contributed by atoms with Gasteiger partial charge in [0.05, 0.1) is 0 Å². The van der Waals surface area contributed by atoms with Gasteiger partial charge < -0.3 is 9.47 Å². The molecule has 1 saturated heterocycles. The molecule has 1 fully saturated rings. The number of aromatic nitrogens is 4. The van der Waals surface area contributed by atoms with Gasteiger partial charge in [0.1, 0.15) is 11.6 Å². The van der Waals surface area contributed by atoms with Gasteiger partial charge in [-0.25, -0.2) is 9.97 Å². The smallest absolute Gasteiger partial charge is 0.251 e. The van der Waals surface area contributed by atoms with Gasteiger partial charge in [-0.2, -0.15) is 0 Å². The molecular formula is C24H27N5O. The lowest BCUT2D eigenvalue weighted by molar-refractivity contribution is 0.280. The lowest BCUT2D eigenvalue weighted by Crippen LogP contribution is -2.47. The van der Waals surface area contributed by atoms with E-state index in [1.54, 1.807) is 12.3 Å². The minimum absolute atomic E-state index is 0.0963. The third kappa shape index (κ3) is 3.40. The van der Waals surface area contributed by atoms with E-state index in [9.17, 15) is 4.79 Å². The van der Waals surface area contributed by atoms with Gasteiger partial charge >= 0.3 is 0 Å². The van der Waals surface area contributed by atoms with E-state index < -0.39 is 0 Å². The molecule has 2 aliphatic heterocycles. The van der Waals surface area contributed by atoms with Crippen LogP contribution in [0.15, 0.2) is 47.7 Å². The maximum absolute atomic E-state index is 12.9. The molecule has 0 saturated carbocycles. The quantitative estimate of drug-likeness (QED) is 0.669. The molecule has 0 aliphatic carbocycles. The zero-order valence-electron chi connectivity index (χ0n) is 17.6. The van der Waals surface area contributed by atoms with E-state index in [2.05, 4.69) is 27.9 Å². The Morgan fingerprint density at radius 3 is 2.83 bits per heavy atom. The van der Waals surface area contributed by atoms with Crippen molar-refractivity contribution in [3.63, 3.8) is 0 Å². The second-order valence-corrected chi connectivity index (χ2v) is 8.58. The predicted octanol–water partition coefficient (Wildman–Crippen LogP) is 3.58. The van der Waals surface area contributed by atoms with E-state index in [1.165, 1.54) is 5.56 Å². The Bertz CT molecular complexity index is 1120. The molecule has 154 valence electrons. The van der Waals surface area contributed by atoms with Gasteiger partial charge in [0.2, 0.25) is 0 Å². The average Bonchev–Trinajstić information content (AvgIpc) is 2.76. The van der Waals surface area contributed by atoms with E-state index >= 15 is 0 Å². The number of anilines is 1. The molecular weight excluding hydrogens is 374 g/mol. The number of rotatable bonds is 4. The topological polar surface area (TPSA) is 63.9 Å². The highest BCUT2D eigenvalue weighted by molar-refractivity contribution is 5.62. The molecule has 0 unspecified atom stereocenters. The maximum atomic E-state index is 12.9. The van der Waals surface area contributed by atoms with Crippen molar-refractivity contribution in [1.29, 1.82) is 0 Å². The number of pyridine rings is 2. The van der Waals surface area contributed by atoms with E-state index in [1.807, 2.05) is 36.0 Å². The summed E-state index contributed by atoms with van der Waals surface area (Å²) < 4.78 is 1.99. The fourth-order valence-corrected chi connectivity index (χ4v) is 5.03. The van der Waals surface area contributed by atoms with E-state index in [4.69, 9.17) is 4.98 Å². The van der Waals surface area contributed by atoms with Crippen LogP contribution in [0, 0.1) is 12.8 Å². The van der Waals surface area contributed by atoms with Crippen molar-refractivity contribution >= 4 is 5.82 Å². The van der Waals surface area contributed by atoms with Crippen LogP contribution >= 0.6 is 0 Å². The van der Waals surface area contributed by atoms with Crippen molar-refractivity contribution in [3.8, 4) is 11.1 Å². The predicted molar refractivity (Wildman–Crippen MR) is 118 cm³/mol. The monoisotopic (exact) mass is 401 g/mol. The summed E-state index contributed by atoms with van der Waals surface area (Å²) in [6.07, 6.45) is 8.76. The second-order valence-electron chi connectivity index (χ2n) is 8.58. The van der Waals surface area contributed by atoms with E-state index in [0.29, 0.717) is 11.8 Å². The van der Waals surface area contributed by atoms with Gasteiger partial charge in [0.15, 0.2) is 0 Å². The molecule has 0 aromatic carbocycles. The highest BCUT2D eigenvalue weighted by Gasteiger charge is 2.36. The number of hydrogen-bond acceptors (Lipinski definition) is 5. The summed E-state index contributed by atoms with van der Waals surface area (Å²) in [4.78, 5) is 28.8. The van der Waals surface area contributed by atoms with Crippen LogP contribution in [0.4, 0.5) is 5.82 Å². The molecule has 2 aliphatic rings. The van der Waals surface area contributed by atoms with Gasteiger partial charge in [-0.1, -0.05) is 19.4 Å². The molecule has 6 nitrogen and oxygen atoms in total. The Morgan fingerprint density at radius 1 is 1.13 bits per heavy atom. The molecule has 0 amide bonds. The van der Waals surface area contributed by atoms with Crippen LogP contribution in [0.5, 0.6) is 0 Å². The number of aryl methyl sites for hydroxylation is 2. The molecule has 0 spiro atoms. The molecule has 6 heteroatoms. The molecule has 5 heterocycles. The van der Waals surface area contributed by atoms with Gasteiger partial charge in [-0.05, 0) is 43.4 Å². The van der Waals surface area contributed by atoms with E-state index in [-0.39, 0.29) is 5.56 Å². The Morgan fingerprint density at radius 2 is 2.03 bits per heavy atom. The summed E-state index contributed by atoms with van der Waals surface area (Å²) in [6, 6.07) is 7.88. The third-order valence-electron chi connectivity index (χ3n) is 6.33. The van der Waals surface area contributed by atoms with Crippen molar-refractivity contribution in [3.05, 3.63) is 70.3 Å². The molecule has 2 atom stereocenters. The minimum atomic E-state index is 0.0963. The van der Waals surface area contributed by atoms with Crippen LogP contribution in [0.25, 0.3) is 11.1 Å². The lowest BCUT2D eigenvalue weighted by Gasteiger charge is -2.44. The molecule has 3 aromatic heterocycles. The van der Waals surface area contributed by atoms with Crippen LogP contribution < -0.4 is 10.5 Å². The zero-order chi connectivity index (χ0) is 20.7. The Labute approximate surface area is 176 Å². The SMILES string of the molecule is CCCc1cnc(C)nc1N1C[C@@H]2C[C@H](C1)c1cc(-c3cccnc3)cc(=O)n1C2. The summed E-state index contributed by atoms with van der Waals surface area (Å²) in [6.45, 7) is 6.76. The number of piperidine rings is 1. The van der Waals surface area contributed by atoms with Crippen molar-refractivity contribution in [1.82, 2.24) is 19.5 Å². The summed E-state index contributed by atoms with van der Waals surface area (Å²) >= 11 is 0. The fourth-order valence-electron chi connectivity index (χ4n) is 5.03. The average molecular weight is 402 g/mol. The summed E-state index contributed by atoms with van der Waals surface area (Å²) in [5.74, 6) is 2.68. The van der Waals surface area contributed by atoms with Gasteiger partial charge in [0, 0.05) is 67.0 Å². The molecule has 5 rings (SSSR count). The second kappa shape index (κ2) is 7.67. The van der Waals surface area contributed by atoms with Crippen LogP contribution in [0.2, 0.25) is 0 Å². The lowest BCUT2D eigenvalue weighted by atomic mass is 9.82. The fraction of sp³-hybridized carbons (Fsp3) is 0.417. The molecule has 2 bridgehead atoms. The summed E-state index contributed by atoms with van der Waals surface area (Å²) in [5, 5.41) is 0. The Kier molecular flexibility index (Phi) is 4.85. The van der Waals surface area contributed by atoms with Crippen molar-refractivity contribution in [2.45, 2.75) is 45.6 Å². The van der Waals surface area contributed by atoms with Crippen molar-refractivity contribution in [2.24, 2.45) is 5.92 Å². The molecule has 3 aromatic rings. The normalized spacial score (nSPS) is 20.1. The van der Waals surface area contributed by atoms with Crippen LogP contribution in [0.3, 0.4) is 0 Å². The first-order chi connectivity index (χ1) is 14.6. The maximum Gasteiger partial charge on any atom is 0.251 e. The first kappa shape index (κ1) is 19.0.